The van der Waals surface area contributed by atoms with Gasteiger partial charge in [-0.15, -0.1) is 0 Å². The van der Waals surface area contributed by atoms with Gasteiger partial charge in [-0.25, -0.2) is 0 Å². The molecule has 0 aromatic rings. The highest BCUT2D eigenvalue weighted by molar-refractivity contribution is 5.34. The van der Waals surface area contributed by atoms with Crippen molar-refractivity contribution in [1.82, 2.24) is 0 Å². The fraction of sp³-hybridized carbons (Fsp3) is 0.455. The first-order chi connectivity index (χ1) is 5.38. The van der Waals surface area contributed by atoms with Gasteiger partial charge in [0, 0.05) is 5.92 Å². The van der Waals surface area contributed by atoms with Crippen LogP contribution in [-0.2, 0) is 0 Å². The maximum absolute atomic E-state index is 2.37. The molecule has 0 spiro atoms. The normalized spacial score (nSPS) is 29.0. The molecule has 0 bridgehead atoms. The van der Waals surface area contributed by atoms with Crippen LogP contribution in [0.5, 0.6) is 0 Å². The molecule has 0 N–H and O–H groups in total. The number of hydrogen-bond acceptors (Lipinski definition) is 0. The standard InChI is InChI=1S/C11H14/c1-9-5-4-7-10-6-2-3-8-11(9)10/h2,4-6,10H,3,7-8H2,1H3. The average Bonchev–Trinajstić information content (AvgIpc) is 2.06. The van der Waals surface area contributed by atoms with E-state index in [-0.39, 0.29) is 0 Å². The SMILES string of the molecule is CC1=C2CCC=CC2CC=C1. The summed E-state index contributed by atoms with van der Waals surface area (Å²) < 4.78 is 0. The molecule has 0 aliphatic heterocycles. The third-order valence-electron chi connectivity index (χ3n) is 2.66. The van der Waals surface area contributed by atoms with Gasteiger partial charge < -0.3 is 0 Å². The third kappa shape index (κ3) is 1.18. The van der Waals surface area contributed by atoms with E-state index in [4.69, 9.17) is 0 Å². The van der Waals surface area contributed by atoms with Crippen molar-refractivity contribution in [3.8, 4) is 0 Å². The Morgan fingerprint density at radius 3 is 3.09 bits per heavy atom. The van der Waals surface area contributed by atoms with Gasteiger partial charge in [0.2, 0.25) is 0 Å². The van der Waals surface area contributed by atoms with Gasteiger partial charge in [0.1, 0.15) is 0 Å². The topological polar surface area (TPSA) is 0 Å². The predicted molar refractivity (Wildman–Crippen MR) is 48.3 cm³/mol. The van der Waals surface area contributed by atoms with Crippen LogP contribution in [-0.4, -0.2) is 0 Å². The molecule has 0 radical (unpaired) electrons. The Labute approximate surface area is 68.3 Å². The number of allylic oxidation sites excluding steroid dienone is 6. The minimum absolute atomic E-state index is 0.744. The second-order valence-electron chi connectivity index (χ2n) is 3.42. The van der Waals surface area contributed by atoms with E-state index in [1.165, 1.54) is 24.8 Å². The molecule has 2 rings (SSSR count). The monoisotopic (exact) mass is 146 g/mol. The Hall–Kier alpha value is -0.780. The summed E-state index contributed by atoms with van der Waals surface area (Å²) in [5.74, 6) is 0.744. The van der Waals surface area contributed by atoms with Crippen molar-refractivity contribution in [3.05, 3.63) is 35.5 Å². The minimum atomic E-state index is 0.744. The Morgan fingerprint density at radius 1 is 1.36 bits per heavy atom. The van der Waals surface area contributed by atoms with E-state index in [1.54, 1.807) is 5.57 Å². The Kier molecular flexibility index (Phi) is 1.69. The van der Waals surface area contributed by atoms with Crippen LogP contribution >= 0.6 is 0 Å². The highest BCUT2D eigenvalue weighted by Crippen LogP contribution is 2.32. The first-order valence-corrected chi connectivity index (χ1v) is 4.41. The molecular formula is C11H14. The highest BCUT2D eigenvalue weighted by atomic mass is 14.2. The third-order valence-corrected chi connectivity index (χ3v) is 2.66. The van der Waals surface area contributed by atoms with Crippen molar-refractivity contribution in [3.63, 3.8) is 0 Å². The van der Waals surface area contributed by atoms with Crippen LogP contribution in [0.15, 0.2) is 35.5 Å². The molecule has 1 unspecified atom stereocenters. The molecule has 1 atom stereocenters. The zero-order valence-electron chi connectivity index (χ0n) is 7.01. The van der Waals surface area contributed by atoms with Crippen LogP contribution in [0, 0.1) is 5.92 Å². The highest BCUT2D eigenvalue weighted by Gasteiger charge is 2.16. The molecule has 0 saturated heterocycles. The van der Waals surface area contributed by atoms with Crippen molar-refractivity contribution < 1.29 is 0 Å². The van der Waals surface area contributed by atoms with Crippen molar-refractivity contribution in [1.29, 1.82) is 0 Å². The van der Waals surface area contributed by atoms with Gasteiger partial charge in [0.25, 0.3) is 0 Å². The largest absolute Gasteiger partial charge is 0.0876 e. The predicted octanol–water partition coefficient (Wildman–Crippen LogP) is 3.23. The van der Waals surface area contributed by atoms with Crippen LogP contribution in [0.1, 0.15) is 26.2 Å². The molecule has 0 fully saturated rings. The lowest BCUT2D eigenvalue weighted by molar-refractivity contribution is 0.674. The molecule has 2 aliphatic rings. The Bertz CT molecular complexity index is 241. The summed E-state index contributed by atoms with van der Waals surface area (Å²) in [6.45, 7) is 2.23. The van der Waals surface area contributed by atoms with E-state index in [9.17, 15) is 0 Å². The molecule has 0 amide bonds. The molecule has 0 nitrogen and oxygen atoms in total. The molecule has 0 saturated carbocycles. The van der Waals surface area contributed by atoms with Crippen LogP contribution in [0.4, 0.5) is 0 Å². The summed E-state index contributed by atoms with van der Waals surface area (Å²) in [6.07, 6.45) is 13.0. The lowest BCUT2D eigenvalue weighted by Gasteiger charge is -2.24. The van der Waals surface area contributed by atoms with Crippen molar-refractivity contribution in [2.75, 3.05) is 0 Å². The first kappa shape index (κ1) is 6.90. The molecule has 0 heteroatoms. The fourth-order valence-corrected chi connectivity index (χ4v) is 2.01. The summed E-state index contributed by atoms with van der Waals surface area (Å²) >= 11 is 0. The van der Waals surface area contributed by atoms with Crippen LogP contribution in [0.25, 0.3) is 0 Å². The van der Waals surface area contributed by atoms with E-state index < -0.39 is 0 Å². The zero-order valence-corrected chi connectivity index (χ0v) is 7.01. The Balaban J connectivity index is 2.35. The summed E-state index contributed by atoms with van der Waals surface area (Å²) in [5, 5.41) is 0. The van der Waals surface area contributed by atoms with Gasteiger partial charge in [0.05, 0.1) is 0 Å². The summed E-state index contributed by atoms with van der Waals surface area (Å²) in [6, 6.07) is 0. The van der Waals surface area contributed by atoms with Crippen molar-refractivity contribution in [2.24, 2.45) is 5.92 Å². The molecule has 0 aromatic carbocycles. The minimum Gasteiger partial charge on any atom is -0.0876 e. The van der Waals surface area contributed by atoms with Crippen molar-refractivity contribution >= 4 is 0 Å². The fourth-order valence-electron chi connectivity index (χ4n) is 2.01. The number of fused-ring (bicyclic) bond motifs is 1. The van der Waals surface area contributed by atoms with Gasteiger partial charge >= 0.3 is 0 Å². The molecular weight excluding hydrogens is 132 g/mol. The second-order valence-corrected chi connectivity index (χ2v) is 3.42. The zero-order chi connectivity index (χ0) is 7.68. The number of rotatable bonds is 0. The van der Waals surface area contributed by atoms with E-state index in [0.717, 1.165) is 5.92 Å². The second kappa shape index (κ2) is 2.69. The number of hydrogen-bond donors (Lipinski definition) is 0. The molecule has 0 aromatic heterocycles. The quantitative estimate of drug-likeness (QED) is 0.460. The average molecular weight is 146 g/mol. The maximum Gasteiger partial charge on any atom is 0.00172 e. The molecule has 11 heavy (non-hydrogen) atoms. The van der Waals surface area contributed by atoms with Gasteiger partial charge in [-0.2, -0.15) is 0 Å². The smallest absolute Gasteiger partial charge is 0.00172 e. The van der Waals surface area contributed by atoms with Crippen LogP contribution < -0.4 is 0 Å². The van der Waals surface area contributed by atoms with E-state index in [0.29, 0.717) is 0 Å². The van der Waals surface area contributed by atoms with Gasteiger partial charge in [-0.05, 0) is 26.2 Å². The van der Waals surface area contributed by atoms with E-state index in [1.807, 2.05) is 0 Å². The molecule has 2 aliphatic carbocycles. The van der Waals surface area contributed by atoms with Crippen LogP contribution in [0.2, 0.25) is 0 Å². The lowest BCUT2D eigenvalue weighted by atomic mass is 9.81. The summed E-state index contributed by atoms with van der Waals surface area (Å²) in [7, 11) is 0. The van der Waals surface area contributed by atoms with Crippen molar-refractivity contribution in [2.45, 2.75) is 26.2 Å². The van der Waals surface area contributed by atoms with Crippen LogP contribution in [0.3, 0.4) is 0 Å². The maximum atomic E-state index is 2.37. The lowest BCUT2D eigenvalue weighted by Crippen LogP contribution is -2.08. The summed E-state index contributed by atoms with van der Waals surface area (Å²) in [5.41, 5.74) is 3.18. The van der Waals surface area contributed by atoms with Gasteiger partial charge in [-0.1, -0.05) is 35.5 Å². The molecule has 58 valence electrons. The first-order valence-electron chi connectivity index (χ1n) is 4.41. The van der Waals surface area contributed by atoms with E-state index >= 15 is 0 Å². The molecule has 0 heterocycles. The van der Waals surface area contributed by atoms with Gasteiger partial charge in [0.15, 0.2) is 0 Å². The Morgan fingerprint density at radius 2 is 2.27 bits per heavy atom. The van der Waals surface area contributed by atoms with Gasteiger partial charge in [-0.3, -0.25) is 0 Å². The van der Waals surface area contributed by atoms with E-state index in [2.05, 4.69) is 31.2 Å². The summed E-state index contributed by atoms with van der Waals surface area (Å²) in [4.78, 5) is 0.